The minimum Gasteiger partial charge on any atom is -0.493 e. The summed E-state index contributed by atoms with van der Waals surface area (Å²) in [7, 11) is 3.88. The third-order valence-electron chi connectivity index (χ3n) is 3.55. The van der Waals surface area contributed by atoms with E-state index in [1.165, 1.54) is 39.3 Å². The SMILES string of the molecule is COCCOc1cc(OC)c(F)c(C#Cc2cnc(SC)nc2C(=O)OC)c1F. The second-order valence-corrected chi connectivity index (χ2v) is 6.06. The van der Waals surface area contributed by atoms with Crippen molar-refractivity contribution in [2.24, 2.45) is 0 Å². The molecule has 0 fully saturated rings. The van der Waals surface area contributed by atoms with E-state index in [9.17, 15) is 13.6 Å². The number of carbonyl (C=O) groups excluding carboxylic acids is 1. The zero-order valence-corrected chi connectivity index (χ0v) is 17.0. The first-order chi connectivity index (χ1) is 14.0. The van der Waals surface area contributed by atoms with Crippen LogP contribution in [0.25, 0.3) is 0 Å². The largest absolute Gasteiger partial charge is 0.493 e. The number of benzene rings is 1. The Hall–Kier alpha value is -2.90. The van der Waals surface area contributed by atoms with Crippen LogP contribution in [0.15, 0.2) is 17.4 Å². The zero-order valence-electron chi connectivity index (χ0n) is 16.2. The van der Waals surface area contributed by atoms with Crippen molar-refractivity contribution in [3.63, 3.8) is 0 Å². The number of halogens is 2. The van der Waals surface area contributed by atoms with E-state index >= 15 is 0 Å². The Morgan fingerprint density at radius 2 is 1.86 bits per heavy atom. The molecule has 0 N–H and O–H groups in total. The molecule has 2 rings (SSSR count). The summed E-state index contributed by atoms with van der Waals surface area (Å²) in [6.45, 7) is 0.257. The maximum absolute atomic E-state index is 14.7. The van der Waals surface area contributed by atoms with Crippen LogP contribution in [0, 0.1) is 23.5 Å². The van der Waals surface area contributed by atoms with E-state index in [2.05, 4.69) is 26.5 Å². The number of rotatable bonds is 7. The van der Waals surface area contributed by atoms with E-state index in [0.717, 1.165) is 6.07 Å². The lowest BCUT2D eigenvalue weighted by atomic mass is 10.1. The highest BCUT2D eigenvalue weighted by Crippen LogP contribution is 2.31. The van der Waals surface area contributed by atoms with Crippen molar-refractivity contribution in [2.45, 2.75) is 5.16 Å². The summed E-state index contributed by atoms with van der Waals surface area (Å²) in [6, 6.07) is 1.09. The van der Waals surface area contributed by atoms with Crippen molar-refractivity contribution in [3.05, 3.63) is 40.7 Å². The molecule has 0 bridgehead atoms. The summed E-state index contributed by atoms with van der Waals surface area (Å²) >= 11 is 1.21. The van der Waals surface area contributed by atoms with Crippen LogP contribution in [0.3, 0.4) is 0 Å². The minimum absolute atomic E-state index is 0.0472. The predicted octanol–water partition coefficient (Wildman–Crippen LogP) is 2.70. The molecule has 0 unspecified atom stereocenters. The van der Waals surface area contributed by atoms with Gasteiger partial charge in [-0.25, -0.2) is 23.5 Å². The maximum Gasteiger partial charge on any atom is 0.358 e. The number of thioether (sulfide) groups is 1. The van der Waals surface area contributed by atoms with Crippen LogP contribution in [-0.4, -0.2) is 56.7 Å². The molecule has 2 aromatic rings. The fourth-order valence-electron chi connectivity index (χ4n) is 2.12. The van der Waals surface area contributed by atoms with Gasteiger partial charge in [-0.1, -0.05) is 23.6 Å². The Morgan fingerprint density at radius 1 is 1.14 bits per heavy atom. The Bertz CT molecular complexity index is 960. The number of ether oxygens (including phenoxy) is 4. The quantitative estimate of drug-likeness (QED) is 0.221. The first-order valence-corrected chi connectivity index (χ1v) is 9.38. The summed E-state index contributed by atoms with van der Waals surface area (Å²) in [5.74, 6) is 1.65. The lowest BCUT2D eigenvalue weighted by molar-refractivity contribution is 0.0592. The molecule has 1 heterocycles. The van der Waals surface area contributed by atoms with Crippen LogP contribution in [-0.2, 0) is 9.47 Å². The molecule has 0 saturated heterocycles. The molecule has 7 nitrogen and oxygen atoms in total. The summed E-state index contributed by atoms with van der Waals surface area (Å²) in [4.78, 5) is 20.0. The van der Waals surface area contributed by atoms with Gasteiger partial charge in [-0.2, -0.15) is 0 Å². The number of nitrogens with zero attached hydrogens (tertiary/aromatic N) is 2. The topological polar surface area (TPSA) is 79.8 Å². The van der Waals surface area contributed by atoms with Gasteiger partial charge in [0.2, 0.25) is 0 Å². The molecule has 0 saturated carbocycles. The number of hydrogen-bond acceptors (Lipinski definition) is 8. The summed E-state index contributed by atoms with van der Waals surface area (Å²) in [5, 5.41) is 0.323. The number of aromatic nitrogens is 2. The third-order valence-corrected chi connectivity index (χ3v) is 4.11. The number of carbonyl (C=O) groups is 1. The standard InChI is InChI=1S/C19H18F2N2O5S/c1-25-7-8-28-14-9-13(26-2)15(20)12(16(14)21)6-5-11-10-22-19(29-4)23-17(11)18(24)27-3/h9-10H,7-8H2,1-4H3. The molecule has 0 atom stereocenters. The second kappa shape index (κ2) is 10.6. The molecule has 0 aliphatic heterocycles. The molecular formula is C19H18F2N2O5S. The summed E-state index contributed by atoms with van der Waals surface area (Å²) in [5.41, 5.74) is -0.640. The van der Waals surface area contributed by atoms with Gasteiger partial charge in [-0.3, -0.25) is 0 Å². The average Bonchev–Trinajstić information content (AvgIpc) is 2.74. The Kier molecular flexibility index (Phi) is 8.18. The smallest absolute Gasteiger partial charge is 0.358 e. The third kappa shape index (κ3) is 5.34. The highest BCUT2D eigenvalue weighted by Gasteiger charge is 2.20. The molecule has 10 heteroatoms. The van der Waals surface area contributed by atoms with Crippen molar-refractivity contribution >= 4 is 17.7 Å². The van der Waals surface area contributed by atoms with Crippen molar-refractivity contribution < 1.29 is 32.5 Å². The molecule has 0 aliphatic rings. The van der Waals surface area contributed by atoms with Crippen LogP contribution in [0.5, 0.6) is 11.5 Å². The van der Waals surface area contributed by atoms with Gasteiger partial charge in [0.1, 0.15) is 12.2 Å². The highest BCUT2D eigenvalue weighted by atomic mass is 32.2. The fourth-order valence-corrected chi connectivity index (χ4v) is 2.47. The monoisotopic (exact) mass is 424 g/mol. The van der Waals surface area contributed by atoms with Gasteiger partial charge in [-0.05, 0) is 6.26 Å². The lowest BCUT2D eigenvalue weighted by Crippen LogP contribution is -2.09. The Labute approximate surface area is 170 Å². The van der Waals surface area contributed by atoms with E-state index in [1.54, 1.807) is 6.26 Å². The lowest BCUT2D eigenvalue weighted by Gasteiger charge is -2.11. The molecule has 1 aromatic heterocycles. The summed E-state index contributed by atoms with van der Waals surface area (Å²) in [6.07, 6.45) is 3.01. The van der Waals surface area contributed by atoms with Gasteiger partial charge in [0.05, 0.1) is 26.4 Å². The van der Waals surface area contributed by atoms with E-state index in [-0.39, 0.29) is 36.0 Å². The van der Waals surface area contributed by atoms with Crippen molar-refractivity contribution in [2.75, 3.05) is 40.8 Å². The molecule has 0 aliphatic carbocycles. The first-order valence-electron chi connectivity index (χ1n) is 8.15. The molecule has 29 heavy (non-hydrogen) atoms. The molecule has 0 amide bonds. The van der Waals surface area contributed by atoms with E-state index in [1.807, 2.05) is 0 Å². The van der Waals surface area contributed by atoms with Crippen LogP contribution in [0.4, 0.5) is 8.78 Å². The van der Waals surface area contributed by atoms with Gasteiger partial charge >= 0.3 is 5.97 Å². The number of methoxy groups -OCH3 is 3. The van der Waals surface area contributed by atoms with E-state index in [0.29, 0.717) is 5.16 Å². The van der Waals surface area contributed by atoms with Gasteiger partial charge in [0.25, 0.3) is 0 Å². The number of esters is 1. The van der Waals surface area contributed by atoms with E-state index in [4.69, 9.17) is 14.2 Å². The zero-order chi connectivity index (χ0) is 21.4. The normalized spacial score (nSPS) is 10.1. The Morgan fingerprint density at radius 3 is 2.48 bits per heavy atom. The van der Waals surface area contributed by atoms with Gasteiger partial charge in [0.15, 0.2) is 34.0 Å². The molecule has 0 spiro atoms. The van der Waals surface area contributed by atoms with Gasteiger partial charge in [-0.15, -0.1) is 0 Å². The van der Waals surface area contributed by atoms with Crippen LogP contribution in [0.1, 0.15) is 21.6 Å². The van der Waals surface area contributed by atoms with Crippen LogP contribution in [0.2, 0.25) is 0 Å². The average molecular weight is 424 g/mol. The molecule has 154 valence electrons. The Balaban J connectivity index is 2.54. The minimum atomic E-state index is -1.01. The van der Waals surface area contributed by atoms with Crippen molar-refractivity contribution in [3.8, 4) is 23.3 Å². The molecular weight excluding hydrogens is 406 g/mol. The van der Waals surface area contributed by atoms with Crippen molar-refractivity contribution in [1.29, 1.82) is 0 Å². The predicted molar refractivity (Wildman–Crippen MR) is 101 cm³/mol. The first kappa shape index (κ1) is 22.4. The maximum atomic E-state index is 14.7. The highest BCUT2D eigenvalue weighted by molar-refractivity contribution is 7.98. The van der Waals surface area contributed by atoms with Crippen LogP contribution >= 0.6 is 11.8 Å². The van der Waals surface area contributed by atoms with Gasteiger partial charge in [0, 0.05) is 19.4 Å². The fraction of sp³-hybridized carbons (Fsp3) is 0.316. The van der Waals surface area contributed by atoms with E-state index < -0.39 is 23.2 Å². The summed E-state index contributed by atoms with van der Waals surface area (Å²) < 4.78 is 49.0. The molecule has 1 aromatic carbocycles. The second-order valence-electron chi connectivity index (χ2n) is 5.28. The van der Waals surface area contributed by atoms with Gasteiger partial charge < -0.3 is 18.9 Å². The van der Waals surface area contributed by atoms with Crippen LogP contribution < -0.4 is 9.47 Å². The van der Waals surface area contributed by atoms with Crippen molar-refractivity contribution in [1.82, 2.24) is 9.97 Å². The number of hydrogen-bond donors (Lipinski definition) is 0. The molecule has 0 radical (unpaired) electrons.